The minimum absolute atomic E-state index is 0. The standard InChI is InChI=1S/C24H56N2O6Si4.BrH/c1-13-29-24(28)21-22(26(2)3)17-14-15-18-23(27)25-19-16-20-36(30-33(4,5)6,31-34(7,8)9)32-35(10,11)12;/h22H,13-21H2,1-12H3,(H,25,27);1H. The lowest BCUT2D eigenvalue weighted by Gasteiger charge is -2.43. The minimum Gasteiger partial charge on any atom is -0.466 e. The van der Waals surface area contributed by atoms with E-state index in [1.807, 2.05) is 21.0 Å². The quantitative estimate of drug-likeness (QED) is 0.103. The number of nitrogens with one attached hydrogen (secondary N) is 1. The molecule has 0 rings (SSSR count). The monoisotopic (exact) mass is 660 g/mol. The number of hydrogen-bond acceptors (Lipinski definition) is 7. The number of esters is 1. The van der Waals surface area contributed by atoms with Crippen LogP contribution in [0.3, 0.4) is 0 Å². The first-order valence-corrected chi connectivity index (χ1v) is 25.6. The van der Waals surface area contributed by atoms with E-state index in [-0.39, 0.29) is 34.9 Å². The maximum absolute atomic E-state index is 12.4. The van der Waals surface area contributed by atoms with Crippen LogP contribution in [0.1, 0.15) is 45.4 Å². The molecule has 13 heteroatoms. The lowest BCUT2D eigenvalue weighted by Crippen LogP contribution is -2.60. The third-order valence-corrected chi connectivity index (χ3v) is 17.0. The van der Waals surface area contributed by atoms with Gasteiger partial charge >= 0.3 is 14.8 Å². The molecule has 1 N–H and O–H groups in total. The van der Waals surface area contributed by atoms with Crippen molar-refractivity contribution in [3.8, 4) is 0 Å². The Labute approximate surface area is 242 Å². The van der Waals surface area contributed by atoms with Crippen LogP contribution in [0.15, 0.2) is 0 Å². The van der Waals surface area contributed by atoms with Crippen molar-refractivity contribution in [1.29, 1.82) is 0 Å². The van der Waals surface area contributed by atoms with Gasteiger partial charge in [0.05, 0.1) is 13.0 Å². The summed E-state index contributed by atoms with van der Waals surface area (Å²) in [6, 6.07) is 0.860. The molecule has 0 saturated heterocycles. The SMILES string of the molecule is Br.CCOC(=O)CC(CCCCC(=O)NCCC[Si](O[Si](C)(C)C)(O[Si](C)(C)C)O[Si](C)(C)C)N(C)C. The molecule has 0 saturated carbocycles. The normalized spacial score (nSPS) is 13.8. The van der Waals surface area contributed by atoms with Crippen LogP contribution in [0.4, 0.5) is 0 Å². The van der Waals surface area contributed by atoms with Crippen LogP contribution in [0, 0.1) is 0 Å². The fraction of sp³-hybridized carbons (Fsp3) is 0.917. The van der Waals surface area contributed by atoms with Crippen molar-refractivity contribution in [1.82, 2.24) is 10.2 Å². The summed E-state index contributed by atoms with van der Waals surface area (Å²) in [6.45, 7) is 22.5. The molecule has 1 atom stereocenters. The van der Waals surface area contributed by atoms with Crippen LogP contribution in [0.25, 0.3) is 0 Å². The molecule has 0 aliphatic heterocycles. The van der Waals surface area contributed by atoms with Crippen LogP contribution in [0.5, 0.6) is 0 Å². The predicted octanol–water partition coefficient (Wildman–Crippen LogP) is 6.01. The van der Waals surface area contributed by atoms with Crippen LogP contribution < -0.4 is 5.32 Å². The maximum Gasteiger partial charge on any atom is 0.469 e. The molecule has 0 fully saturated rings. The Morgan fingerprint density at radius 1 is 0.811 bits per heavy atom. The van der Waals surface area contributed by atoms with Gasteiger partial charge in [0.2, 0.25) is 5.91 Å². The zero-order chi connectivity index (χ0) is 28.2. The highest BCUT2D eigenvalue weighted by atomic mass is 79.9. The number of nitrogens with zero attached hydrogens (tertiary/aromatic N) is 1. The van der Waals surface area contributed by atoms with Crippen molar-refractivity contribution in [3.05, 3.63) is 0 Å². The van der Waals surface area contributed by atoms with Gasteiger partial charge in [-0.15, -0.1) is 17.0 Å². The number of carbonyl (C=O) groups excluding carboxylic acids is 2. The lowest BCUT2D eigenvalue weighted by atomic mass is 10.0. The van der Waals surface area contributed by atoms with Gasteiger partial charge in [-0.1, -0.05) is 6.42 Å². The van der Waals surface area contributed by atoms with E-state index in [1.54, 1.807) is 0 Å². The van der Waals surface area contributed by atoms with Crippen molar-refractivity contribution >= 4 is 62.6 Å². The summed E-state index contributed by atoms with van der Waals surface area (Å²) in [5.74, 6) is -0.0969. The Kier molecular flexibility index (Phi) is 18.8. The fourth-order valence-corrected chi connectivity index (χ4v) is 18.5. The number of unbranched alkanes of at least 4 members (excludes halogenated alkanes) is 1. The van der Waals surface area contributed by atoms with Crippen molar-refractivity contribution < 1.29 is 26.7 Å². The van der Waals surface area contributed by atoms with Gasteiger partial charge in [0.25, 0.3) is 0 Å². The Balaban J connectivity index is 0. The molecule has 0 aromatic rings. The third kappa shape index (κ3) is 21.6. The fourth-order valence-electron chi connectivity index (χ4n) is 3.86. The Bertz CT molecular complexity index is 626. The first kappa shape index (κ1) is 39.3. The molecule has 8 nitrogen and oxygen atoms in total. The van der Waals surface area contributed by atoms with E-state index in [9.17, 15) is 9.59 Å². The number of halogens is 1. The van der Waals surface area contributed by atoms with E-state index in [0.29, 0.717) is 26.0 Å². The summed E-state index contributed by atoms with van der Waals surface area (Å²) in [5, 5.41) is 3.07. The zero-order valence-electron chi connectivity index (χ0n) is 25.7. The molecule has 0 spiro atoms. The van der Waals surface area contributed by atoms with E-state index in [4.69, 9.17) is 17.1 Å². The van der Waals surface area contributed by atoms with E-state index >= 15 is 0 Å². The molecule has 0 aromatic heterocycles. The summed E-state index contributed by atoms with van der Waals surface area (Å²) in [7, 11) is -4.58. The average Bonchev–Trinajstić information content (AvgIpc) is 2.63. The highest BCUT2D eigenvalue weighted by Gasteiger charge is 2.49. The average molecular weight is 662 g/mol. The van der Waals surface area contributed by atoms with Gasteiger partial charge < -0.3 is 27.3 Å². The molecule has 0 bridgehead atoms. The molecule has 0 aliphatic rings. The van der Waals surface area contributed by atoms with E-state index in [1.165, 1.54) is 0 Å². The molecule has 222 valence electrons. The zero-order valence-corrected chi connectivity index (χ0v) is 31.5. The summed E-state index contributed by atoms with van der Waals surface area (Å²) in [5.41, 5.74) is 0. The minimum atomic E-state index is -2.86. The van der Waals surface area contributed by atoms with Crippen LogP contribution in [-0.2, 0) is 26.7 Å². The smallest absolute Gasteiger partial charge is 0.466 e. The number of amides is 1. The number of ether oxygens (including phenoxy) is 1. The second-order valence-electron chi connectivity index (χ2n) is 12.7. The van der Waals surface area contributed by atoms with Gasteiger partial charge in [0.1, 0.15) is 0 Å². The Hall–Kier alpha value is 0.128. The van der Waals surface area contributed by atoms with Gasteiger partial charge in [0, 0.05) is 25.1 Å². The maximum atomic E-state index is 12.4. The molecule has 1 unspecified atom stereocenters. The highest BCUT2D eigenvalue weighted by Crippen LogP contribution is 2.29. The summed E-state index contributed by atoms with van der Waals surface area (Å²) in [4.78, 5) is 26.3. The highest BCUT2D eigenvalue weighted by molar-refractivity contribution is 8.93. The third-order valence-electron chi connectivity index (χ3n) is 5.00. The first-order chi connectivity index (χ1) is 16.3. The predicted molar refractivity (Wildman–Crippen MR) is 169 cm³/mol. The van der Waals surface area contributed by atoms with Crippen LogP contribution in [-0.4, -0.2) is 83.8 Å². The van der Waals surface area contributed by atoms with E-state index in [2.05, 4.69) is 69.1 Å². The number of rotatable bonds is 19. The molecular weight excluding hydrogens is 605 g/mol. The lowest BCUT2D eigenvalue weighted by molar-refractivity contribution is -0.144. The van der Waals surface area contributed by atoms with E-state index in [0.717, 1.165) is 31.7 Å². The summed E-state index contributed by atoms with van der Waals surface area (Å²) in [6.07, 6.45) is 4.21. The molecule has 37 heavy (non-hydrogen) atoms. The molecule has 0 radical (unpaired) electrons. The molecule has 0 aliphatic carbocycles. The Morgan fingerprint density at radius 2 is 1.30 bits per heavy atom. The first-order valence-electron chi connectivity index (χ1n) is 13.5. The largest absolute Gasteiger partial charge is 0.469 e. The van der Waals surface area contributed by atoms with Gasteiger partial charge in [0.15, 0.2) is 25.0 Å². The topological polar surface area (TPSA) is 86.3 Å². The van der Waals surface area contributed by atoms with Crippen molar-refractivity contribution in [2.24, 2.45) is 0 Å². The van der Waals surface area contributed by atoms with Crippen LogP contribution in [0.2, 0.25) is 65.0 Å². The van der Waals surface area contributed by atoms with Crippen molar-refractivity contribution in [2.75, 3.05) is 27.2 Å². The second kappa shape index (κ2) is 17.7. The van der Waals surface area contributed by atoms with Gasteiger partial charge in [-0.05, 0) is 99.2 Å². The van der Waals surface area contributed by atoms with Crippen molar-refractivity contribution in [2.45, 2.75) is 116 Å². The second-order valence-corrected chi connectivity index (χ2v) is 29.6. The molecule has 0 heterocycles. The van der Waals surface area contributed by atoms with Gasteiger partial charge in [-0.25, -0.2) is 0 Å². The molecule has 0 aromatic carbocycles. The molecule has 1 amide bonds. The van der Waals surface area contributed by atoms with Crippen molar-refractivity contribution in [3.63, 3.8) is 0 Å². The number of hydrogen-bond donors (Lipinski definition) is 1. The van der Waals surface area contributed by atoms with Crippen LogP contribution >= 0.6 is 17.0 Å². The Morgan fingerprint density at radius 3 is 1.70 bits per heavy atom. The molecular formula is C24H57BrN2O6Si4. The van der Waals surface area contributed by atoms with Gasteiger partial charge in [-0.2, -0.15) is 0 Å². The van der Waals surface area contributed by atoms with Gasteiger partial charge in [-0.3, -0.25) is 9.59 Å². The summed E-state index contributed by atoms with van der Waals surface area (Å²) >= 11 is 0. The summed E-state index contributed by atoms with van der Waals surface area (Å²) < 4.78 is 25.2. The van der Waals surface area contributed by atoms with E-state index < -0.39 is 33.8 Å². The number of carbonyl (C=O) groups is 2.